The van der Waals surface area contributed by atoms with E-state index in [0.29, 0.717) is 12.2 Å². The van der Waals surface area contributed by atoms with Crippen LogP contribution in [0.15, 0.2) is 24.5 Å². The van der Waals surface area contributed by atoms with Gasteiger partial charge in [-0.25, -0.2) is 9.97 Å². The van der Waals surface area contributed by atoms with Crippen LogP contribution in [0.2, 0.25) is 0 Å². The molecule has 0 saturated heterocycles. The summed E-state index contributed by atoms with van der Waals surface area (Å²) in [4.78, 5) is 13.2. The molecule has 18 heavy (non-hydrogen) atoms. The zero-order valence-corrected chi connectivity index (χ0v) is 10.3. The van der Waals surface area contributed by atoms with E-state index in [2.05, 4.69) is 15.0 Å². The van der Waals surface area contributed by atoms with Gasteiger partial charge in [0.25, 0.3) is 0 Å². The van der Waals surface area contributed by atoms with Gasteiger partial charge in [0.15, 0.2) is 0 Å². The van der Waals surface area contributed by atoms with Crippen molar-refractivity contribution in [3.05, 3.63) is 47.2 Å². The van der Waals surface area contributed by atoms with E-state index < -0.39 is 0 Å². The van der Waals surface area contributed by atoms with Crippen molar-refractivity contribution in [1.29, 1.82) is 0 Å². The summed E-state index contributed by atoms with van der Waals surface area (Å²) in [5, 5.41) is 0. The first-order chi connectivity index (χ1) is 8.83. The molecule has 0 aliphatic heterocycles. The maximum Gasteiger partial charge on any atom is 0.135 e. The lowest BCUT2D eigenvalue weighted by atomic mass is 9.96. The van der Waals surface area contributed by atoms with E-state index in [4.69, 9.17) is 5.73 Å². The van der Waals surface area contributed by atoms with E-state index >= 15 is 0 Å². The van der Waals surface area contributed by atoms with Gasteiger partial charge in [0.05, 0.1) is 0 Å². The summed E-state index contributed by atoms with van der Waals surface area (Å²) < 4.78 is 0. The minimum absolute atomic E-state index is 0.665. The number of nitrogen functional groups attached to an aromatic ring is 1. The molecule has 0 fully saturated rings. The van der Waals surface area contributed by atoms with E-state index in [1.807, 2.05) is 18.3 Å². The Labute approximate surface area is 106 Å². The van der Waals surface area contributed by atoms with Crippen molar-refractivity contribution in [3.8, 4) is 0 Å². The quantitative estimate of drug-likeness (QED) is 0.871. The molecule has 0 amide bonds. The zero-order chi connectivity index (χ0) is 12.4. The Morgan fingerprint density at radius 3 is 2.89 bits per heavy atom. The van der Waals surface area contributed by atoms with E-state index in [0.717, 1.165) is 35.5 Å². The molecule has 3 rings (SSSR count). The third kappa shape index (κ3) is 2.18. The molecule has 0 atom stereocenters. The first-order valence-electron chi connectivity index (χ1n) is 6.36. The highest BCUT2D eigenvalue weighted by atomic mass is 15.0. The molecule has 0 saturated carbocycles. The number of nitrogens with two attached hydrogens (primary N) is 1. The highest BCUT2D eigenvalue weighted by molar-refractivity contribution is 5.43. The third-order valence-electron chi connectivity index (χ3n) is 3.35. The number of anilines is 1. The van der Waals surface area contributed by atoms with Gasteiger partial charge in [0.2, 0.25) is 0 Å². The number of hydrogen-bond acceptors (Lipinski definition) is 4. The van der Waals surface area contributed by atoms with Gasteiger partial charge in [0.1, 0.15) is 11.6 Å². The number of nitrogens with zero attached hydrogens (tertiary/aromatic N) is 3. The fourth-order valence-electron chi connectivity index (χ4n) is 2.44. The van der Waals surface area contributed by atoms with E-state index in [-0.39, 0.29) is 0 Å². The van der Waals surface area contributed by atoms with Gasteiger partial charge in [-0.3, -0.25) is 4.98 Å². The van der Waals surface area contributed by atoms with Crippen molar-refractivity contribution in [2.75, 3.05) is 5.73 Å². The molecule has 4 nitrogen and oxygen atoms in total. The van der Waals surface area contributed by atoms with E-state index in [1.165, 1.54) is 12.8 Å². The highest BCUT2D eigenvalue weighted by Crippen LogP contribution is 2.23. The Morgan fingerprint density at radius 2 is 2.06 bits per heavy atom. The molecule has 0 spiro atoms. The van der Waals surface area contributed by atoms with Crippen LogP contribution in [0.5, 0.6) is 0 Å². The van der Waals surface area contributed by atoms with E-state index in [1.54, 1.807) is 6.20 Å². The van der Waals surface area contributed by atoms with Crippen molar-refractivity contribution in [1.82, 2.24) is 15.0 Å². The average Bonchev–Trinajstić information content (AvgIpc) is 2.40. The van der Waals surface area contributed by atoms with Crippen molar-refractivity contribution in [2.45, 2.75) is 32.1 Å². The minimum atomic E-state index is 0.665. The summed E-state index contributed by atoms with van der Waals surface area (Å²) in [5.41, 5.74) is 9.46. The molecule has 0 radical (unpaired) electrons. The second kappa shape index (κ2) is 4.72. The van der Waals surface area contributed by atoms with Gasteiger partial charge in [-0.15, -0.1) is 0 Å². The molecule has 2 aromatic heterocycles. The number of hydrogen-bond donors (Lipinski definition) is 1. The van der Waals surface area contributed by atoms with Crippen LogP contribution < -0.4 is 5.73 Å². The second-order valence-corrected chi connectivity index (χ2v) is 4.70. The number of pyridine rings is 1. The summed E-state index contributed by atoms with van der Waals surface area (Å²) in [6.07, 6.45) is 8.77. The Morgan fingerprint density at radius 1 is 1.17 bits per heavy atom. The average molecular weight is 240 g/mol. The highest BCUT2D eigenvalue weighted by Gasteiger charge is 2.16. The normalized spacial score (nSPS) is 14.2. The molecule has 0 unspecified atom stereocenters. The largest absolute Gasteiger partial charge is 0.383 e. The lowest BCUT2D eigenvalue weighted by Crippen LogP contribution is -2.13. The number of fused-ring (bicyclic) bond motifs is 1. The second-order valence-electron chi connectivity index (χ2n) is 4.70. The van der Waals surface area contributed by atoms with E-state index in [9.17, 15) is 0 Å². The number of aryl methyl sites for hydroxylation is 1. The van der Waals surface area contributed by atoms with Crippen molar-refractivity contribution in [2.24, 2.45) is 0 Å². The van der Waals surface area contributed by atoms with Gasteiger partial charge >= 0.3 is 0 Å². The molecular weight excluding hydrogens is 224 g/mol. The summed E-state index contributed by atoms with van der Waals surface area (Å²) in [5.74, 6) is 1.47. The Bertz CT molecular complexity index is 551. The van der Waals surface area contributed by atoms with Crippen LogP contribution in [0.4, 0.5) is 5.82 Å². The molecule has 0 aromatic carbocycles. The molecule has 2 N–H and O–H groups in total. The first-order valence-corrected chi connectivity index (χ1v) is 6.36. The fraction of sp³-hybridized carbons (Fsp3) is 0.357. The van der Waals surface area contributed by atoms with Crippen LogP contribution in [0.3, 0.4) is 0 Å². The first kappa shape index (κ1) is 11.1. The third-order valence-corrected chi connectivity index (χ3v) is 3.35. The molecule has 4 heteroatoms. The summed E-state index contributed by atoms with van der Waals surface area (Å²) in [6, 6.07) is 3.96. The van der Waals surface area contributed by atoms with Gasteiger partial charge in [-0.05, 0) is 37.3 Å². The lowest BCUT2D eigenvalue weighted by molar-refractivity contribution is 0.658. The minimum Gasteiger partial charge on any atom is -0.383 e. The SMILES string of the molecule is Nc1nc(Cc2cccnc2)nc2c1CCCC2. The van der Waals surface area contributed by atoms with Crippen molar-refractivity contribution in [3.63, 3.8) is 0 Å². The maximum atomic E-state index is 6.03. The van der Waals surface area contributed by atoms with Crippen molar-refractivity contribution >= 4 is 5.82 Å². The molecule has 92 valence electrons. The fourth-order valence-corrected chi connectivity index (χ4v) is 2.44. The summed E-state index contributed by atoms with van der Waals surface area (Å²) in [7, 11) is 0. The molecular formula is C14H16N4. The lowest BCUT2D eigenvalue weighted by Gasteiger charge is -2.17. The topological polar surface area (TPSA) is 64.7 Å². The Hall–Kier alpha value is -1.97. The summed E-state index contributed by atoms with van der Waals surface area (Å²) in [6.45, 7) is 0. The van der Waals surface area contributed by atoms with Gasteiger partial charge in [-0.2, -0.15) is 0 Å². The summed E-state index contributed by atoms with van der Waals surface area (Å²) >= 11 is 0. The van der Waals surface area contributed by atoms with Crippen LogP contribution >= 0.6 is 0 Å². The van der Waals surface area contributed by atoms with Crippen molar-refractivity contribution < 1.29 is 0 Å². The number of rotatable bonds is 2. The predicted molar refractivity (Wildman–Crippen MR) is 70.1 cm³/mol. The van der Waals surface area contributed by atoms with Crippen LogP contribution in [-0.4, -0.2) is 15.0 Å². The molecule has 2 heterocycles. The van der Waals surface area contributed by atoms with Crippen LogP contribution in [0, 0.1) is 0 Å². The van der Waals surface area contributed by atoms with Crippen LogP contribution in [0.1, 0.15) is 35.5 Å². The maximum absolute atomic E-state index is 6.03. The van der Waals surface area contributed by atoms with Gasteiger partial charge in [0, 0.05) is 30.1 Å². The monoisotopic (exact) mass is 240 g/mol. The van der Waals surface area contributed by atoms with Gasteiger partial charge in [-0.1, -0.05) is 6.07 Å². The van der Waals surface area contributed by atoms with Crippen LogP contribution in [0.25, 0.3) is 0 Å². The Kier molecular flexibility index (Phi) is 2.92. The molecule has 1 aliphatic rings. The molecule has 0 bridgehead atoms. The van der Waals surface area contributed by atoms with Crippen LogP contribution in [-0.2, 0) is 19.3 Å². The Balaban J connectivity index is 1.91. The number of aromatic nitrogens is 3. The van der Waals surface area contributed by atoms with Gasteiger partial charge < -0.3 is 5.73 Å². The smallest absolute Gasteiger partial charge is 0.135 e. The predicted octanol–water partition coefficient (Wildman–Crippen LogP) is 1.92. The standard InChI is InChI=1S/C14H16N4/c15-14-11-5-1-2-6-12(11)17-13(18-14)8-10-4-3-7-16-9-10/h3-4,7,9H,1-2,5-6,8H2,(H2,15,17,18). The zero-order valence-electron chi connectivity index (χ0n) is 10.3. The molecule has 1 aliphatic carbocycles. The molecule has 2 aromatic rings.